The molecule has 0 aliphatic carbocycles. The van der Waals surface area contributed by atoms with Crippen molar-refractivity contribution in [3.63, 3.8) is 0 Å². The highest BCUT2D eigenvalue weighted by atomic mass is 32.1. The van der Waals surface area contributed by atoms with Crippen LogP contribution in [0.4, 0.5) is 5.82 Å². The summed E-state index contributed by atoms with van der Waals surface area (Å²) in [6.07, 6.45) is 1.12. The summed E-state index contributed by atoms with van der Waals surface area (Å²) in [7, 11) is 0. The third-order valence-corrected chi connectivity index (χ3v) is 4.70. The Morgan fingerprint density at radius 3 is 2.67 bits per heavy atom. The van der Waals surface area contributed by atoms with E-state index in [1.165, 1.54) is 4.88 Å². The van der Waals surface area contributed by atoms with E-state index in [0.29, 0.717) is 13.2 Å². The molecular formula is C18H21N3O2S. The number of aliphatic hydroxyl groups is 1. The highest BCUT2D eigenvalue weighted by Gasteiger charge is 2.17. The van der Waals surface area contributed by atoms with Gasteiger partial charge in [0.25, 0.3) is 0 Å². The van der Waals surface area contributed by atoms with Crippen molar-refractivity contribution >= 4 is 27.4 Å². The van der Waals surface area contributed by atoms with Crippen molar-refractivity contribution < 1.29 is 9.84 Å². The normalized spacial score (nSPS) is 12.3. The summed E-state index contributed by atoms with van der Waals surface area (Å²) in [4.78, 5) is 10.9. The van der Waals surface area contributed by atoms with E-state index >= 15 is 0 Å². The maximum absolute atomic E-state index is 9.54. The lowest BCUT2D eigenvalue weighted by atomic mass is 10.0. The van der Waals surface area contributed by atoms with Gasteiger partial charge in [0.15, 0.2) is 0 Å². The molecule has 3 aromatic rings. The van der Waals surface area contributed by atoms with Gasteiger partial charge in [-0.2, -0.15) is 0 Å². The number of rotatable bonds is 6. The molecule has 2 N–H and O–H groups in total. The van der Waals surface area contributed by atoms with Crippen LogP contribution in [0, 0.1) is 6.92 Å². The van der Waals surface area contributed by atoms with Crippen LogP contribution in [0.15, 0.2) is 30.6 Å². The first-order valence-corrected chi connectivity index (χ1v) is 8.81. The highest BCUT2D eigenvalue weighted by Crippen LogP contribution is 2.40. The van der Waals surface area contributed by atoms with Crippen molar-refractivity contribution in [2.24, 2.45) is 0 Å². The van der Waals surface area contributed by atoms with Crippen LogP contribution in [-0.4, -0.2) is 34.3 Å². The molecule has 24 heavy (non-hydrogen) atoms. The molecule has 6 heteroatoms. The molecule has 0 radical (unpaired) electrons. The number of nitrogens with zero attached hydrogens (tertiary/aromatic N) is 2. The Morgan fingerprint density at radius 1 is 1.25 bits per heavy atom. The Hall–Kier alpha value is -2.18. The van der Waals surface area contributed by atoms with Crippen LogP contribution in [0.5, 0.6) is 5.75 Å². The number of anilines is 1. The third kappa shape index (κ3) is 3.34. The van der Waals surface area contributed by atoms with E-state index in [1.54, 1.807) is 24.6 Å². The number of aliphatic hydroxyl groups excluding tert-OH is 1. The van der Waals surface area contributed by atoms with Crippen molar-refractivity contribution in [1.29, 1.82) is 0 Å². The lowest BCUT2D eigenvalue weighted by Gasteiger charge is -2.10. The molecule has 2 heterocycles. The molecule has 1 unspecified atom stereocenters. The van der Waals surface area contributed by atoms with Gasteiger partial charge in [-0.25, -0.2) is 9.97 Å². The van der Waals surface area contributed by atoms with Gasteiger partial charge < -0.3 is 15.2 Å². The summed E-state index contributed by atoms with van der Waals surface area (Å²) in [5.41, 5.74) is 2.24. The van der Waals surface area contributed by atoms with Crippen LogP contribution in [0.2, 0.25) is 0 Å². The number of aryl methyl sites for hydroxylation is 1. The molecule has 0 saturated carbocycles. The molecule has 5 nitrogen and oxygen atoms in total. The SMILES string of the molecule is CCOc1ccc(-c2c(C)sc3ncnc(NCC(C)O)c23)cc1. The average Bonchev–Trinajstić information content (AvgIpc) is 2.90. The van der Waals surface area contributed by atoms with E-state index in [-0.39, 0.29) is 0 Å². The maximum Gasteiger partial charge on any atom is 0.138 e. The number of aromatic nitrogens is 2. The standard InChI is InChI=1S/C18H21N3O2S/c1-4-23-14-7-5-13(6-8-14)15-12(3)24-18-16(15)17(20-10-21-18)19-9-11(2)22/h5-8,10-11,22H,4,9H2,1-3H3,(H,19,20,21). The van der Waals surface area contributed by atoms with Crippen LogP contribution >= 0.6 is 11.3 Å². The average molecular weight is 343 g/mol. The van der Waals surface area contributed by atoms with Gasteiger partial charge in [0.1, 0.15) is 22.7 Å². The highest BCUT2D eigenvalue weighted by molar-refractivity contribution is 7.19. The lowest BCUT2D eigenvalue weighted by molar-refractivity contribution is 0.208. The van der Waals surface area contributed by atoms with Gasteiger partial charge in [0.2, 0.25) is 0 Å². The lowest BCUT2D eigenvalue weighted by Crippen LogP contribution is -2.16. The van der Waals surface area contributed by atoms with Crippen molar-refractivity contribution in [3.05, 3.63) is 35.5 Å². The fourth-order valence-electron chi connectivity index (χ4n) is 2.65. The predicted molar refractivity (Wildman–Crippen MR) is 98.9 cm³/mol. The second kappa shape index (κ2) is 7.15. The van der Waals surface area contributed by atoms with Gasteiger partial charge in [-0.05, 0) is 38.5 Å². The van der Waals surface area contributed by atoms with Gasteiger partial charge in [0, 0.05) is 17.0 Å². The second-order valence-electron chi connectivity index (χ2n) is 5.62. The minimum Gasteiger partial charge on any atom is -0.494 e. The third-order valence-electron chi connectivity index (χ3n) is 3.68. The molecule has 0 aliphatic heterocycles. The maximum atomic E-state index is 9.54. The zero-order valence-electron chi connectivity index (χ0n) is 14.0. The smallest absolute Gasteiger partial charge is 0.138 e. The molecule has 1 atom stereocenters. The summed E-state index contributed by atoms with van der Waals surface area (Å²) in [5.74, 6) is 1.62. The first-order valence-electron chi connectivity index (χ1n) is 7.99. The minimum atomic E-state index is -0.441. The van der Waals surface area contributed by atoms with Gasteiger partial charge in [0.05, 0.1) is 18.1 Å². The van der Waals surface area contributed by atoms with Crippen molar-refractivity contribution in [3.8, 4) is 16.9 Å². The second-order valence-corrected chi connectivity index (χ2v) is 6.83. The Morgan fingerprint density at radius 2 is 2.00 bits per heavy atom. The molecule has 2 aromatic heterocycles. The van der Waals surface area contributed by atoms with E-state index < -0.39 is 6.10 Å². The van der Waals surface area contributed by atoms with Crippen LogP contribution in [-0.2, 0) is 0 Å². The van der Waals surface area contributed by atoms with E-state index in [4.69, 9.17) is 4.74 Å². The summed E-state index contributed by atoms with van der Waals surface area (Å²) in [6, 6.07) is 8.08. The zero-order valence-corrected chi connectivity index (χ0v) is 14.9. The van der Waals surface area contributed by atoms with Crippen LogP contribution in [0.3, 0.4) is 0 Å². The number of ether oxygens (including phenoxy) is 1. The first-order chi connectivity index (χ1) is 11.6. The summed E-state index contributed by atoms with van der Waals surface area (Å²) in [5, 5.41) is 13.8. The van der Waals surface area contributed by atoms with Crippen LogP contribution < -0.4 is 10.1 Å². The van der Waals surface area contributed by atoms with E-state index in [0.717, 1.165) is 32.9 Å². The van der Waals surface area contributed by atoms with Gasteiger partial charge >= 0.3 is 0 Å². The zero-order chi connectivity index (χ0) is 17.1. The predicted octanol–water partition coefficient (Wildman–Crippen LogP) is 3.86. The number of hydrogen-bond acceptors (Lipinski definition) is 6. The monoisotopic (exact) mass is 343 g/mol. The first kappa shape index (κ1) is 16.7. The largest absolute Gasteiger partial charge is 0.494 e. The van der Waals surface area contributed by atoms with E-state index in [9.17, 15) is 5.11 Å². The van der Waals surface area contributed by atoms with Crippen molar-refractivity contribution in [2.45, 2.75) is 26.9 Å². The molecule has 126 valence electrons. The van der Waals surface area contributed by atoms with Crippen LogP contribution in [0.1, 0.15) is 18.7 Å². The number of thiophene rings is 1. The van der Waals surface area contributed by atoms with Crippen molar-refractivity contribution in [1.82, 2.24) is 9.97 Å². The van der Waals surface area contributed by atoms with Gasteiger partial charge in [-0.1, -0.05) is 12.1 Å². The molecule has 0 aliphatic rings. The molecule has 0 bridgehead atoms. The number of benzene rings is 1. The number of hydrogen-bond donors (Lipinski definition) is 2. The molecule has 0 spiro atoms. The number of fused-ring (bicyclic) bond motifs is 1. The van der Waals surface area contributed by atoms with Gasteiger partial charge in [-0.15, -0.1) is 11.3 Å². The summed E-state index contributed by atoms with van der Waals surface area (Å²) >= 11 is 1.65. The topological polar surface area (TPSA) is 67.3 Å². The summed E-state index contributed by atoms with van der Waals surface area (Å²) in [6.45, 7) is 6.92. The van der Waals surface area contributed by atoms with Gasteiger partial charge in [-0.3, -0.25) is 0 Å². The summed E-state index contributed by atoms with van der Waals surface area (Å²) < 4.78 is 5.52. The quantitative estimate of drug-likeness (QED) is 0.711. The van der Waals surface area contributed by atoms with E-state index in [1.807, 2.05) is 19.1 Å². The Labute approximate surface area is 145 Å². The Balaban J connectivity index is 2.07. The molecule has 0 amide bonds. The van der Waals surface area contributed by atoms with Crippen LogP contribution in [0.25, 0.3) is 21.3 Å². The molecule has 0 fully saturated rings. The number of nitrogens with one attached hydrogen (secondary N) is 1. The van der Waals surface area contributed by atoms with Crippen molar-refractivity contribution in [2.75, 3.05) is 18.5 Å². The van der Waals surface area contributed by atoms with E-state index in [2.05, 4.69) is 34.3 Å². The fraction of sp³-hybridized carbons (Fsp3) is 0.333. The molecule has 3 rings (SSSR count). The molecule has 1 aromatic carbocycles. The molecule has 0 saturated heterocycles. The Bertz CT molecular complexity index is 828. The molecular weight excluding hydrogens is 322 g/mol. The fourth-order valence-corrected chi connectivity index (χ4v) is 3.67. The Kier molecular flexibility index (Phi) is 4.97. The minimum absolute atomic E-state index is 0.441.